The summed E-state index contributed by atoms with van der Waals surface area (Å²) in [7, 11) is 1.40. The predicted molar refractivity (Wildman–Crippen MR) is 237 cm³/mol. The highest BCUT2D eigenvalue weighted by Crippen LogP contribution is 2.40. The van der Waals surface area contributed by atoms with Crippen LogP contribution in [0.25, 0.3) is 11.1 Å². The first-order valence-electron chi connectivity index (χ1n) is 20.2. The van der Waals surface area contributed by atoms with Gasteiger partial charge < -0.3 is 52.8 Å². The van der Waals surface area contributed by atoms with Gasteiger partial charge >= 0.3 is 0 Å². The Balaban J connectivity index is 1.56. The third kappa shape index (κ3) is 12.3. The molecule has 4 atom stereocenters. The fourth-order valence-electron chi connectivity index (χ4n) is 6.81. The minimum absolute atomic E-state index is 0.00164. The molecule has 63 heavy (non-hydrogen) atoms. The predicted octanol–water partition coefficient (Wildman–Crippen LogP) is 1.91. The van der Waals surface area contributed by atoms with E-state index >= 15 is 0 Å². The minimum Gasteiger partial charge on any atom is -0.492 e. The zero-order chi connectivity index (χ0) is 45.5. The van der Waals surface area contributed by atoms with E-state index in [0.29, 0.717) is 39.3 Å². The fourth-order valence-corrected chi connectivity index (χ4v) is 7.07. The van der Waals surface area contributed by atoms with Crippen molar-refractivity contribution in [1.82, 2.24) is 26.2 Å². The second-order valence-electron chi connectivity index (χ2n) is 14.5. The molecule has 328 valence electrons. The Labute approximate surface area is 370 Å². The van der Waals surface area contributed by atoms with E-state index in [9.17, 15) is 24.0 Å². The van der Waals surface area contributed by atoms with Gasteiger partial charge in [-0.25, -0.2) is 0 Å². The van der Waals surface area contributed by atoms with Gasteiger partial charge in [-0.15, -0.1) is 0 Å². The van der Waals surface area contributed by atoms with E-state index < -0.39 is 53.7 Å². The lowest BCUT2D eigenvalue weighted by molar-refractivity contribution is -0.141. The number of likely N-dealkylation sites (N-methyl/N-ethyl adjacent to an activating group) is 1. The zero-order valence-corrected chi connectivity index (χ0v) is 35.7. The SMILES string of the molecule is C[C@@H]1NC(=O)[C@@H](N(C)C(=O)[C@H](CCN)NC(=O)c2ccc(C#Cc3ccccc3)cc2Cl)c2ccc(OCCN)c(c2)-c2cc(ccc2OCCN)C[C@@H](C(=O)NCC#N)NC1=O. The van der Waals surface area contributed by atoms with Gasteiger partial charge in [-0.3, -0.25) is 24.0 Å². The molecule has 0 radical (unpaired) electrons. The zero-order valence-electron chi connectivity index (χ0n) is 34.9. The summed E-state index contributed by atoms with van der Waals surface area (Å²) < 4.78 is 12.1. The molecule has 4 bridgehead atoms. The molecule has 0 unspecified atom stereocenters. The second-order valence-corrected chi connectivity index (χ2v) is 14.9. The minimum atomic E-state index is -1.41. The first-order valence-corrected chi connectivity index (χ1v) is 20.6. The Bertz CT molecular complexity index is 2410. The molecule has 0 spiro atoms. The summed E-state index contributed by atoms with van der Waals surface area (Å²) in [5.41, 5.74) is 20.9. The molecule has 0 saturated carbocycles. The van der Waals surface area contributed by atoms with Gasteiger partial charge in [0.2, 0.25) is 23.6 Å². The van der Waals surface area contributed by atoms with Gasteiger partial charge in [0.1, 0.15) is 55.4 Å². The summed E-state index contributed by atoms with van der Waals surface area (Å²) in [4.78, 5) is 70.9. The molecule has 5 rings (SSSR count). The third-order valence-electron chi connectivity index (χ3n) is 9.95. The van der Waals surface area contributed by atoms with Crippen LogP contribution in [-0.2, 0) is 25.6 Å². The van der Waals surface area contributed by atoms with Crippen LogP contribution in [0.2, 0.25) is 5.02 Å². The molecule has 1 aliphatic rings. The Morgan fingerprint density at radius 1 is 0.857 bits per heavy atom. The monoisotopic (exact) mass is 875 g/mol. The second kappa shape index (κ2) is 22.8. The maximum atomic E-state index is 14.6. The van der Waals surface area contributed by atoms with Crippen LogP contribution >= 0.6 is 11.6 Å². The molecule has 1 aliphatic heterocycles. The van der Waals surface area contributed by atoms with E-state index in [2.05, 4.69) is 33.1 Å². The Morgan fingerprint density at radius 3 is 2.17 bits per heavy atom. The Morgan fingerprint density at radius 2 is 1.52 bits per heavy atom. The van der Waals surface area contributed by atoms with Crippen LogP contribution in [0.5, 0.6) is 11.5 Å². The van der Waals surface area contributed by atoms with Crippen molar-refractivity contribution in [2.24, 2.45) is 17.2 Å². The molecule has 17 heteroatoms. The number of benzene rings is 4. The van der Waals surface area contributed by atoms with Gasteiger partial charge in [-0.05, 0) is 85.6 Å². The molecular formula is C46H50ClN9O7. The number of nitriles is 1. The van der Waals surface area contributed by atoms with Crippen molar-refractivity contribution in [3.05, 3.63) is 118 Å². The van der Waals surface area contributed by atoms with Crippen LogP contribution in [0.3, 0.4) is 0 Å². The summed E-state index contributed by atoms with van der Waals surface area (Å²) >= 11 is 6.58. The summed E-state index contributed by atoms with van der Waals surface area (Å²) in [5.74, 6) is 3.39. The number of hydrogen-bond acceptors (Lipinski definition) is 11. The van der Waals surface area contributed by atoms with Gasteiger partial charge in [-0.2, -0.15) is 5.26 Å². The van der Waals surface area contributed by atoms with Gasteiger partial charge in [0.15, 0.2) is 0 Å². The lowest BCUT2D eigenvalue weighted by atomic mass is 9.93. The van der Waals surface area contributed by atoms with Crippen LogP contribution in [0, 0.1) is 23.2 Å². The fraction of sp³-hybridized carbons (Fsp3) is 0.304. The number of carbonyl (C=O) groups is 5. The number of hydrogen-bond donors (Lipinski definition) is 7. The van der Waals surface area contributed by atoms with Crippen LogP contribution < -0.4 is 47.9 Å². The standard InChI is InChI=1S/C46H50ClN9O7/c1-28-42(57)55-38(44(59)52-21-18-49)26-31-11-14-39(62-22-19-50)34(24-31)35-27-32(12-15-40(35)63-23-20-51)41(45(60)53-28)56(2)46(61)37(16-17-48)54-43(58)33-13-10-30(25-36(33)47)9-8-29-6-4-3-5-7-29/h3-7,10-15,24-25,27-28,37-38,41H,16-17,19-23,26,48,50-51H2,1-2H3,(H,52,59)(H,53,60)(H,54,58)(H,55,57)/t28-,37-,38-,41-/m0/s1. The van der Waals surface area contributed by atoms with Gasteiger partial charge in [0, 0.05) is 48.8 Å². The van der Waals surface area contributed by atoms with E-state index in [0.717, 1.165) is 10.5 Å². The molecule has 16 nitrogen and oxygen atoms in total. The van der Waals surface area contributed by atoms with E-state index in [-0.39, 0.29) is 62.8 Å². The number of rotatable bonds is 14. The molecular weight excluding hydrogens is 826 g/mol. The van der Waals surface area contributed by atoms with Crippen molar-refractivity contribution in [1.29, 1.82) is 5.26 Å². The van der Waals surface area contributed by atoms with Crippen LogP contribution in [0.1, 0.15) is 52.0 Å². The molecule has 1 heterocycles. The summed E-state index contributed by atoms with van der Waals surface area (Å²) in [6.45, 7) is 1.77. The number of nitrogens with two attached hydrogens (primary N) is 3. The largest absolute Gasteiger partial charge is 0.492 e. The summed E-state index contributed by atoms with van der Waals surface area (Å²) in [6, 6.07) is 21.0. The molecule has 0 aromatic heterocycles. The third-order valence-corrected chi connectivity index (χ3v) is 10.3. The smallest absolute Gasteiger partial charge is 0.253 e. The van der Waals surface area contributed by atoms with Crippen molar-refractivity contribution in [3.8, 4) is 40.5 Å². The van der Waals surface area contributed by atoms with Crippen molar-refractivity contribution in [2.75, 3.05) is 46.4 Å². The topological polar surface area (TPSA) is 257 Å². The van der Waals surface area contributed by atoms with Gasteiger partial charge in [0.25, 0.3) is 5.91 Å². The summed E-state index contributed by atoms with van der Waals surface area (Å²) in [5, 5.41) is 19.9. The molecule has 0 aliphatic carbocycles. The number of nitrogens with one attached hydrogen (secondary N) is 4. The number of carbonyl (C=O) groups excluding carboxylic acids is 5. The first kappa shape index (κ1) is 47.1. The molecule has 4 aromatic carbocycles. The Kier molecular flexibility index (Phi) is 17.0. The van der Waals surface area contributed by atoms with Crippen molar-refractivity contribution in [3.63, 3.8) is 0 Å². The highest BCUT2D eigenvalue weighted by Gasteiger charge is 2.36. The van der Waals surface area contributed by atoms with Crippen LogP contribution in [0.15, 0.2) is 84.9 Å². The molecule has 4 aromatic rings. The molecule has 5 amide bonds. The normalized spacial score (nSPS) is 16.3. The number of fused-ring (bicyclic) bond motifs is 5. The van der Waals surface area contributed by atoms with Gasteiger partial charge in [-0.1, -0.05) is 53.8 Å². The van der Waals surface area contributed by atoms with E-state index in [1.165, 1.54) is 20.0 Å². The lowest BCUT2D eigenvalue weighted by Gasteiger charge is -2.32. The van der Waals surface area contributed by atoms with Crippen LogP contribution in [0.4, 0.5) is 0 Å². The maximum Gasteiger partial charge on any atom is 0.253 e. The highest BCUT2D eigenvalue weighted by molar-refractivity contribution is 6.34. The number of amides is 5. The quantitative estimate of drug-likeness (QED) is 0.0712. The van der Waals surface area contributed by atoms with Gasteiger partial charge in [0.05, 0.1) is 16.7 Å². The number of nitrogens with zero attached hydrogens (tertiary/aromatic N) is 2. The number of halogens is 1. The molecule has 0 saturated heterocycles. The van der Waals surface area contributed by atoms with E-state index in [1.807, 2.05) is 36.4 Å². The highest BCUT2D eigenvalue weighted by atomic mass is 35.5. The van der Waals surface area contributed by atoms with E-state index in [1.54, 1.807) is 48.5 Å². The average molecular weight is 876 g/mol. The molecule has 10 N–H and O–H groups in total. The van der Waals surface area contributed by atoms with Crippen LogP contribution in [-0.4, -0.2) is 99.0 Å². The van der Waals surface area contributed by atoms with Crippen molar-refractivity contribution < 1.29 is 33.4 Å². The number of ether oxygens (including phenoxy) is 2. The van der Waals surface area contributed by atoms with Crippen molar-refractivity contribution in [2.45, 2.75) is 43.9 Å². The first-order chi connectivity index (χ1) is 30.4. The van der Waals surface area contributed by atoms with E-state index in [4.69, 9.17) is 43.5 Å². The molecule has 0 fully saturated rings. The maximum absolute atomic E-state index is 14.6. The summed E-state index contributed by atoms with van der Waals surface area (Å²) in [6.07, 6.45) is -0.0142. The van der Waals surface area contributed by atoms with Crippen molar-refractivity contribution >= 4 is 41.1 Å². The average Bonchev–Trinajstić information content (AvgIpc) is 3.28. The lowest BCUT2D eigenvalue weighted by Crippen LogP contribution is -2.56. The Hall–Kier alpha value is -6.95.